The lowest BCUT2D eigenvalue weighted by Crippen LogP contribution is -2.33. The summed E-state index contributed by atoms with van der Waals surface area (Å²) in [5.41, 5.74) is 0. The fraction of sp³-hybridized carbons (Fsp3) is 0.933. The van der Waals surface area contributed by atoms with Gasteiger partial charge in [0.2, 0.25) is 6.29 Å². The molecule has 0 spiro atoms. The lowest BCUT2D eigenvalue weighted by atomic mass is 10.3. The Bertz CT molecular complexity index is 259. The zero-order valence-electron chi connectivity index (χ0n) is 13.3. The summed E-state index contributed by atoms with van der Waals surface area (Å²) in [4.78, 5) is 13.9. The van der Waals surface area contributed by atoms with Crippen LogP contribution in [-0.4, -0.2) is 69.8 Å². The predicted octanol–water partition coefficient (Wildman–Crippen LogP) is 1.43. The number of ether oxygens (including phenoxy) is 4. The van der Waals surface area contributed by atoms with Crippen molar-refractivity contribution in [3.63, 3.8) is 0 Å². The SMILES string of the molecule is CCOCCN(CCOCC)CCC(=O)OC1CCCO1. The van der Waals surface area contributed by atoms with Crippen LogP contribution in [0.25, 0.3) is 0 Å². The van der Waals surface area contributed by atoms with Gasteiger partial charge in [-0.3, -0.25) is 9.69 Å². The number of nitrogens with zero attached hydrogens (tertiary/aromatic N) is 1. The summed E-state index contributed by atoms with van der Waals surface area (Å²) in [5.74, 6) is -0.195. The number of carbonyl (C=O) groups is 1. The molecule has 1 aliphatic heterocycles. The first-order valence-corrected chi connectivity index (χ1v) is 7.95. The Morgan fingerprint density at radius 1 is 1.14 bits per heavy atom. The van der Waals surface area contributed by atoms with Gasteiger partial charge in [0.1, 0.15) is 0 Å². The van der Waals surface area contributed by atoms with Gasteiger partial charge < -0.3 is 18.9 Å². The highest BCUT2D eigenvalue weighted by Crippen LogP contribution is 2.13. The monoisotopic (exact) mass is 303 g/mol. The molecule has 0 aromatic heterocycles. The Balaban J connectivity index is 2.20. The van der Waals surface area contributed by atoms with E-state index >= 15 is 0 Å². The Hall–Kier alpha value is -0.690. The van der Waals surface area contributed by atoms with E-state index in [9.17, 15) is 4.79 Å². The third-order valence-corrected chi connectivity index (χ3v) is 3.29. The van der Waals surface area contributed by atoms with E-state index < -0.39 is 0 Å². The Labute approximate surface area is 127 Å². The van der Waals surface area contributed by atoms with Crippen LogP contribution in [0.15, 0.2) is 0 Å². The van der Waals surface area contributed by atoms with Crippen molar-refractivity contribution in [2.45, 2.75) is 39.4 Å². The third-order valence-electron chi connectivity index (χ3n) is 3.29. The zero-order valence-corrected chi connectivity index (χ0v) is 13.3. The first-order valence-electron chi connectivity index (χ1n) is 7.95. The van der Waals surface area contributed by atoms with Crippen LogP contribution in [0.3, 0.4) is 0 Å². The maximum Gasteiger partial charge on any atom is 0.309 e. The molecule has 0 aromatic carbocycles. The topological polar surface area (TPSA) is 57.2 Å². The van der Waals surface area contributed by atoms with Crippen LogP contribution in [0.1, 0.15) is 33.1 Å². The van der Waals surface area contributed by atoms with Crippen molar-refractivity contribution in [1.82, 2.24) is 4.90 Å². The number of hydrogen-bond donors (Lipinski definition) is 0. The highest BCUT2D eigenvalue weighted by molar-refractivity contribution is 5.69. The molecule has 1 aliphatic rings. The van der Waals surface area contributed by atoms with E-state index in [0.29, 0.717) is 46.0 Å². The van der Waals surface area contributed by atoms with Crippen molar-refractivity contribution in [2.24, 2.45) is 0 Å². The van der Waals surface area contributed by atoms with Crippen molar-refractivity contribution in [3.05, 3.63) is 0 Å². The minimum absolute atomic E-state index is 0.195. The number of hydrogen-bond acceptors (Lipinski definition) is 6. The molecule has 21 heavy (non-hydrogen) atoms. The minimum atomic E-state index is -0.335. The molecular formula is C15H29NO5. The van der Waals surface area contributed by atoms with Gasteiger partial charge in [-0.1, -0.05) is 0 Å². The summed E-state index contributed by atoms with van der Waals surface area (Å²) in [5, 5.41) is 0. The first kappa shape index (κ1) is 18.4. The van der Waals surface area contributed by atoms with E-state index in [-0.39, 0.29) is 12.3 Å². The number of esters is 1. The standard InChI is InChI=1S/C15H29NO5/c1-3-18-12-9-16(10-13-19-4-2)8-7-14(17)21-15-6-5-11-20-15/h15H,3-13H2,1-2H3. The molecule has 6 heteroatoms. The lowest BCUT2D eigenvalue weighted by molar-refractivity contribution is -0.170. The molecule has 1 rings (SSSR count). The predicted molar refractivity (Wildman–Crippen MR) is 79.1 cm³/mol. The molecule has 0 bridgehead atoms. The summed E-state index contributed by atoms with van der Waals surface area (Å²) < 4.78 is 21.3. The molecule has 124 valence electrons. The van der Waals surface area contributed by atoms with E-state index in [1.54, 1.807) is 0 Å². The quantitative estimate of drug-likeness (QED) is 0.401. The largest absolute Gasteiger partial charge is 0.436 e. The van der Waals surface area contributed by atoms with Crippen LogP contribution < -0.4 is 0 Å². The molecule has 1 atom stereocenters. The summed E-state index contributed by atoms with van der Waals surface area (Å²) in [6.45, 7) is 9.65. The molecule has 0 saturated carbocycles. The van der Waals surface area contributed by atoms with Gasteiger partial charge in [-0.2, -0.15) is 0 Å². The van der Waals surface area contributed by atoms with E-state index in [2.05, 4.69) is 4.90 Å². The molecule has 0 N–H and O–H groups in total. The summed E-state index contributed by atoms with van der Waals surface area (Å²) >= 11 is 0. The van der Waals surface area contributed by atoms with Gasteiger partial charge in [-0.15, -0.1) is 0 Å². The zero-order chi connectivity index (χ0) is 15.3. The second kappa shape index (κ2) is 11.9. The van der Waals surface area contributed by atoms with Crippen LogP contribution in [0.5, 0.6) is 0 Å². The van der Waals surface area contributed by atoms with E-state index in [1.165, 1.54) is 0 Å². The Kier molecular flexibility index (Phi) is 10.4. The van der Waals surface area contributed by atoms with Gasteiger partial charge in [-0.25, -0.2) is 0 Å². The average molecular weight is 303 g/mol. The van der Waals surface area contributed by atoms with Crippen molar-refractivity contribution < 1.29 is 23.7 Å². The van der Waals surface area contributed by atoms with Gasteiger partial charge in [0, 0.05) is 39.3 Å². The third kappa shape index (κ3) is 9.03. The van der Waals surface area contributed by atoms with Gasteiger partial charge in [0.15, 0.2) is 0 Å². The van der Waals surface area contributed by atoms with Gasteiger partial charge in [-0.05, 0) is 20.3 Å². The van der Waals surface area contributed by atoms with E-state index in [0.717, 1.165) is 25.9 Å². The normalized spacial score (nSPS) is 18.3. The lowest BCUT2D eigenvalue weighted by Gasteiger charge is -2.22. The van der Waals surface area contributed by atoms with Crippen LogP contribution in [0.2, 0.25) is 0 Å². The molecule has 0 aromatic rings. The first-order chi connectivity index (χ1) is 10.3. The average Bonchev–Trinajstić information content (AvgIpc) is 2.97. The minimum Gasteiger partial charge on any atom is -0.436 e. The van der Waals surface area contributed by atoms with Crippen LogP contribution in [0, 0.1) is 0 Å². The maximum absolute atomic E-state index is 11.8. The molecular weight excluding hydrogens is 274 g/mol. The fourth-order valence-electron chi connectivity index (χ4n) is 2.11. The molecule has 0 amide bonds. The van der Waals surface area contributed by atoms with Gasteiger partial charge in [0.25, 0.3) is 0 Å². The molecule has 0 radical (unpaired) electrons. The smallest absolute Gasteiger partial charge is 0.309 e. The van der Waals surface area contributed by atoms with Crippen molar-refractivity contribution in [2.75, 3.05) is 52.7 Å². The second-order valence-corrected chi connectivity index (χ2v) is 4.92. The molecule has 1 saturated heterocycles. The summed E-state index contributed by atoms with van der Waals surface area (Å²) in [6, 6.07) is 0. The summed E-state index contributed by atoms with van der Waals surface area (Å²) in [6.07, 6.45) is 1.81. The maximum atomic E-state index is 11.8. The Morgan fingerprint density at radius 3 is 2.33 bits per heavy atom. The molecule has 6 nitrogen and oxygen atoms in total. The van der Waals surface area contributed by atoms with Crippen LogP contribution in [0.4, 0.5) is 0 Å². The van der Waals surface area contributed by atoms with Gasteiger partial charge >= 0.3 is 5.97 Å². The van der Waals surface area contributed by atoms with Crippen LogP contribution >= 0.6 is 0 Å². The van der Waals surface area contributed by atoms with Crippen molar-refractivity contribution >= 4 is 5.97 Å². The molecule has 1 heterocycles. The van der Waals surface area contributed by atoms with Crippen LogP contribution in [-0.2, 0) is 23.7 Å². The molecule has 1 fully saturated rings. The molecule has 0 aliphatic carbocycles. The second-order valence-electron chi connectivity index (χ2n) is 4.92. The molecule has 1 unspecified atom stereocenters. The Morgan fingerprint density at radius 2 is 1.81 bits per heavy atom. The summed E-state index contributed by atoms with van der Waals surface area (Å²) in [7, 11) is 0. The van der Waals surface area contributed by atoms with E-state index in [1.807, 2.05) is 13.8 Å². The van der Waals surface area contributed by atoms with Crippen molar-refractivity contribution in [3.8, 4) is 0 Å². The highest BCUT2D eigenvalue weighted by Gasteiger charge is 2.20. The fourth-order valence-corrected chi connectivity index (χ4v) is 2.11. The van der Waals surface area contributed by atoms with Crippen molar-refractivity contribution in [1.29, 1.82) is 0 Å². The highest BCUT2D eigenvalue weighted by atomic mass is 16.7. The number of carbonyl (C=O) groups excluding carboxylic acids is 1. The van der Waals surface area contributed by atoms with E-state index in [4.69, 9.17) is 18.9 Å². The number of rotatable bonds is 12. The van der Waals surface area contributed by atoms with Gasteiger partial charge in [0.05, 0.1) is 26.2 Å².